The Kier molecular flexibility index (Phi) is 3.39. The van der Waals surface area contributed by atoms with Crippen molar-refractivity contribution in [1.82, 2.24) is 20.0 Å². The number of aromatic nitrogens is 3. The number of hydrogen-bond donors (Lipinski definition) is 0. The lowest BCUT2D eigenvalue weighted by Gasteiger charge is -2.11. The Morgan fingerprint density at radius 3 is 3.05 bits per heavy atom. The van der Waals surface area contributed by atoms with E-state index in [-0.39, 0.29) is 0 Å². The summed E-state index contributed by atoms with van der Waals surface area (Å²) in [6.45, 7) is 1.37. The number of thiazole rings is 1. The summed E-state index contributed by atoms with van der Waals surface area (Å²) in [5.74, 6) is 1.62. The molecule has 0 fully saturated rings. The van der Waals surface area contributed by atoms with Gasteiger partial charge in [-0.2, -0.15) is 4.98 Å². The number of nitrogens with zero attached hydrogens (tertiary/aromatic N) is 4. The average Bonchev–Trinajstić information content (AvgIpc) is 3.09. The molecule has 0 bridgehead atoms. The Labute approximate surface area is 113 Å². The molecule has 0 aliphatic rings. The minimum atomic E-state index is 0.405. The first-order chi connectivity index (χ1) is 9.31. The van der Waals surface area contributed by atoms with E-state index in [1.165, 1.54) is 0 Å². The molecule has 19 heavy (non-hydrogen) atoms. The van der Waals surface area contributed by atoms with Crippen molar-refractivity contribution in [3.05, 3.63) is 40.8 Å². The van der Waals surface area contributed by atoms with Gasteiger partial charge in [-0.1, -0.05) is 5.16 Å². The minimum absolute atomic E-state index is 0.405. The number of furan rings is 1. The average molecular weight is 276 g/mol. The third-order valence-corrected chi connectivity index (χ3v) is 3.26. The van der Waals surface area contributed by atoms with Crippen LogP contribution >= 0.6 is 11.3 Å². The van der Waals surface area contributed by atoms with E-state index in [1.807, 2.05) is 12.4 Å². The first kappa shape index (κ1) is 12.1. The molecular formula is C12H12N4O2S. The van der Waals surface area contributed by atoms with Crippen LogP contribution in [0.3, 0.4) is 0 Å². The van der Waals surface area contributed by atoms with Gasteiger partial charge in [0.25, 0.3) is 5.89 Å². The summed E-state index contributed by atoms with van der Waals surface area (Å²) in [6.07, 6.45) is 3.38. The van der Waals surface area contributed by atoms with Gasteiger partial charge in [-0.15, -0.1) is 11.3 Å². The highest BCUT2D eigenvalue weighted by molar-refractivity contribution is 7.09. The largest absolute Gasteiger partial charge is 0.459 e. The third kappa shape index (κ3) is 2.88. The minimum Gasteiger partial charge on any atom is -0.459 e. The molecule has 3 aromatic rings. The second-order valence-corrected chi connectivity index (χ2v) is 5.07. The van der Waals surface area contributed by atoms with Gasteiger partial charge in [0.05, 0.1) is 19.4 Å². The monoisotopic (exact) mass is 276 g/mol. The van der Waals surface area contributed by atoms with Crippen LogP contribution in [-0.2, 0) is 13.1 Å². The Morgan fingerprint density at radius 1 is 1.37 bits per heavy atom. The molecule has 0 saturated heterocycles. The Bertz CT molecular complexity index is 618. The van der Waals surface area contributed by atoms with E-state index >= 15 is 0 Å². The standard InChI is InChI=1S/C12H12N4O2S/c1-16(8-11-13-4-6-19-11)7-10-14-12(18-15-10)9-3-2-5-17-9/h2-6H,7-8H2,1H3. The highest BCUT2D eigenvalue weighted by atomic mass is 32.1. The van der Waals surface area contributed by atoms with E-state index < -0.39 is 0 Å². The van der Waals surface area contributed by atoms with E-state index in [0.29, 0.717) is 24.0 Å². The molecule has 0 unspecified atom stereocenters. The molecule has 6 nitrogen and oxygen atoms in total. The zero-order chi connectivity index (χ0) is 13.1. The molecule has 0 radical (unpaired) electrons. The molecular weight excluding hydrogens is 264 g/mol. The van der Waals surface area contributed by atoms with Gasteiger partial charge in [0.2, 0.25) is 0 Å². The van der Waals surface area contributed by atoms with E-state index in [9.17, 15) is 0 Å². The predicted molar refractivity (Wildman–Crippen MR) is 69.3 cm³/mol. The van der Waals surface area contributed by atoms with Gasteiger partial charge in [0.1, 0.15) is 5.01 Å². The molecule has 3 heterocycles. The highest BCUT2D eigenvalue weighted by Gasteiger charge is 2.13. The fraction of sp³-hybridized carbons (Fsp3) is 0.250. The molecule has 0 N–H and O–H groups in total. The Morgan fingerprint density at radius 2 is 2.32 bits per heavy atom. The lowest BCUT2D eigenvalue weighted by atomic mass is 10.4. The van der Waals surface area contributed by atoms with Crippen molar-refractivity contribution < 1.29 is 8.94 Å². The molecule has 0 spiro atoms. The zero-order valence-corrected chi connectivity index (χ0v) is 11.1. The van der Waals surface area contributed by atoms with Crippen LogP contribution in [0.1, 0.15) is 10.8 Å². The lowest BCUT2D eigenvalue weighted by Crippen LogP contribution is -2.17. The first-order valence-corrected chi connectivity index (χ1v) is 6.62. The summed E-state index contributed by atoms with van der Waals surface area (Å²) >= 11 is 1.63. The summed E-state index contributed by atoms with van der Waals surface area (Å²) in [6, 6.07) is 3.57. The van der Waals surface area contributed by atoms with Crippen molar-refractivity contribution in [2.75, 3.05) is 7.05 Å². The molecule has 0 aliphatic heterocycles. The highest BCUT2D eigenvalue weighted by Crippen LogP contribution is 2.17. The van der Waals surface area contributed by atoms with Crippen LogP contribution in [0.25, 0.3) is 11.7 Å². The molecule has 0 saturated carbocycles. The maximum atomic E-state index is 5.20. The molecule has 3 rings (SSSR count). The van der Waals surface area contributed by atoms with Gasteiger partial charge in [0, 0.05) is 11.6 Å². The maximum absolute atomic E-state index is 5.20. The third-order valence-electron chi connectivity index (χ3n) is 2.50. The van der Waals surface area contributed by atoms with Crippen LogP contribution in [0.4, 0.5) is 0 Å². The van der Waals surface area contributed by atoms with E-state index in [0.717, 1.165) is 11.6 Å². The Hall–Kier alpha value is -1.99. The van der Waals surface area contributed by atoms with Crippen molar-refractivity contribution in [1.29, 1.82) is 0 Å². The van der Waals surface area contributed by atoms with Crippen molar-refractivity contribution in [2.24, 2.45) is 0 Å². The summed E-state index contributed by atoms with van der Waals surface area (Å²) in [5, 5.41) is 6.97. The Balaban J connectivity index is 1.64. The molecule has 0 atom stereocenters. The smallest absolute Gasteiger partial charge is 0.293 e. The molecule has 0 aliphatic carbocycles. The number of rotatable bonds is 5. The summed E-state index contributed by atoms with van der Waals surface area (Å²) in [5.41, 5.74) is 0. The fourth-order valence-corrected chi connectivity index (χ4v) is 2.37. The van der Waals surface area contributed by atoms with Crippen molar-refractivity contribution in [2.45, 2.75) is 13.1 Å². The van der Waals surface area contributed by atoms with E-state index in [4.69, 9.17) is 8.94 Å². The second-order valence-electron chi connectivity index (χ2n) is 4.09. The van der Waals surface area contributed by atoms with Crippen molar-refractivity contribution >= 4 is 11.3 Å². The molecule has 0 aromatic carbocycles. The SMILES string of the molecule is CN(Cc1noc(-c2ccco2)n1)Cc1nccs1. The van der Waals surface area contributed by atoms with Crippen LogP contribution < -0.4 is 0 Å². The van der Waals surface area contributed by atoms with Crippen LogP contribution in [0.5, 0.6) is 0 Å². The zero-order valence-electron chi connectivity index (χ0n) is 10.3. The van der Waals surface area contributed by atoms with Gasteiger partial charge in [-0.3, -0.25) is 4.90 Å². The lowest BCUT2D eigenvalue weighted by molar-refractivity contribution is 0.301. The van der Waals surface area contributed by atoms with Crippen LogP contribution in [0.2, 0.25) is 0 Å². The van der Waals surface area contributed by atoms with Crippen LogP contribution in [-0.4, -0.2) is 27.1 Å². The predicted octanol–water partition coefficient (Wildman–Crippen LogP) is 2.42. The van der Waals surface area contributed by atoms with Gasteiger partial charge in [-0.25, -0.2) is 4.98 Å². The first-order valence-electron chi connectivity index (χ1n) is 5.74. The van der Waals surface area contributed by atoms with Crippen molar-refractivity contribution in [3.8, 4) is 11.7 Å². The van der Waals surface area contributed by atoms with Gasteiger partial charge in [0.15, 0.2) is 11.6 Å². The van der Waals surface area contributed by atoms with Crippen molar-refractivity contribution in [3.63, 3.8) is 0 Å². The van der Waals surface area contributed by atoms with Gasteiger partial charge in [-0.05, 0) is 19.2 Å². The van der Waals surface area contributed by atoms with Crippen LogP contribution in [0.15, 0.2) is 38.9 Å². The molecule has 98 valence electrons. The second kappa shape index (κ2) is 5.33. The summed E-state index contributed by atoms with van der Waals surface area (Å²) in [7, 11) is 1.99. The molecule has 0 amide bonds. The molecule has 3 aromatic heterocycles. The fourth-order valence-electron chi connectivity index (χ4n) is 1.68. The number of hydrogen-bond acceptors (Lipinski definition) is 7. The topological polar surface area (TPSA) is 68.2 Å². The summed E-state index contributed by atoms with van der Waals surface area (Å²) < 4.78 is 10.4. The van der Waals surface area contributed by atoms with E-state index in [2.05, 4.69) is 20.0 Å². The van der Waals surface area contributed by atoms with Crippen LogP contribution in [0, 0.1) is 0 Å². The van der Waals surface area contributed by atoms with Gasteiger partial charge < -0.3 is 8.94 Å². The summed E-state index contributed by atoms with van der Waals surface area (Å²) in [4.78, 5) is 10.6. The normalized spacial score (nSPS) is 11.3. The maximum Gasteiger partial charge on any atom is 0.293 e. The van der Waals surface area contributed by atoms with E-state index in [1.54, 1.807) is 35.9 Å². The quantitative estimate of drug-likeness (QED) is 0.713. The van der Waals surface area contributed by atoms with Gasteiger partial charge >= 0.3 is 0 Å². The molecule has 7 heteroatoms.